The standard InChI is InChI=1S/C11H20N6/c1-15-3-2-11(7-12,8-15)17-5-4-16-9-13-14-10(16)6-17/h9H,2-8,12H2,1H3. The Morgan fingerprint density at radius 1 is 1.41 bits per heavy atom. The van der Waals surface area contributed by atoms with Crippen molar-refractivity contribution in [2.24, 2.45) is 5.73 Å². The van der Waals surface area contributed by atoms with Crippen molar-refractivity contribution in [3.05, 3.63) is 12.2 Å². The second-order valence-corrected chi connectivity index (χ2v) is 5.28. The van der Waals surface area contributed by atoms with Crippen LogP contribution in [0.1, 0.15) is 12.2 Å². The topological polar surface area (TPSA) is 63.2 Å². The van der Waals surface area contributed by atoms with E-state index in [9.17, 15) is 0 Å². The molecule has 0 bridgehead atoms. The van der Waals surface area contributed by atoms with Crippen molar-refractivity contribution in [3.63, 3.8) is 0 Å². The second-order valence-electron chi connectivity index (χ2n) is 5.28. The van der Waals surface area contributed by atoms with Gasteiger partial charge in [0.25, 0.3) is 0 Å². The van der Waals surface area contributed by atoms with Crippen LogP contribution in [0.4, 0.5) is 0 Å². The minimum Gasteiger partial charge on any atom is -0.329 e. The molecule has 2 aliphatic rings. The van der Waals surface area contributed by atoms with Gasteiger partial charge in [-0.2, -0.15) is 0 Å². The summed E-state index contributed by atoms with van der Waals surface area (Å²) in [5, 5.41) is 8.15. The van der Waals surface area contributed by atoms with Crippen molar-refractivity contribution >= 4 is 0 Å². The molecule has 94 valence electrons. The summed E-state index contributed by atoms with van der Waals surface area (Å²) in [5.74, 6) is 1.07. The molecule has 1 unspecified atom stereocenters. The summed E-state index contributed by atoms with van der Waals surface area (Å²) in [7, 11) is 2.17. The molecule has 1 fully saturated rings. The predicted octanol–water partition coefficient (Wildman–Crippen LogP) is -0.873. The van der Waals surface area contributed by atoms with Crippen LogP contribution < -0.4 is 5.73 Å². The third kappa shape index (κ3) is 1.76. The normalized spacial score (nSPS) is 30.7. The van der Waals surface area contributed by atoms with E-state index >= 15 is 0 Å². The van der Waals surface area contributed by atoms with Crippen molar-refractivity contribution in [2.45, 2.75) is 25.0 Å². The molecule has 2 N–H and O–H groups in total. The van der Waals surface area contributed by atoms with Crippen molar-refractivity contribution in [1.82, 2.24) is 24.6 Å². The van der Waals surface area contributed by atoms with Gasteiger partial charge in [0.05, 0.1) is 6.54 Å². The maximum Gasteiger partial charge on any atom is 0.147 e. The summed E-state index contributed by atoms with van der Waals surface area (Å²) < 4.78 is 2.14. The highest BCUT2D eigenvalue weighted by molar-refractivity contribution is 5.03. The number of nitrogens with zero attached hydrogens (tertiary/aromatic N) is 5. The lowest BCUT2D eigenvalue weighted by atomic mass is 9.95. The molecule has 0 aromatic carbocycles. The molecular formula is C11H20N6. The van der Waals surface area contributed by atoms with Crippen LogP contribution in [0.3, 0.4) is 0 Å². The van der Waals surface area contributed by atoms with Crippen molar-refractivity contribution in [2.75, 3.05) is 33.2 Å². The van der Waals surface area contributed by atoms with Gasteiger partial charge in [0.1, 0.15) is 12.2 Å². The van der Waals surface area contributed by atoms with Crippen LogP contribution in [0, 0.1) is 0 Å². The number of hydrogen-bond donors (Lipinski definition) is 1. The van der Waals surface area contributed by atoms with E-state index in [-0.39, 0.29) is 5.54 Å². The quantitative estimate of drug-likeness (QED) is 0.723. The molecule has 17 heavy (non-hydrogen) atoms. The molecule has 0 radical (unpaired) electrons. The summed E-state index contributed by atoms with van der Waals surface area (Å²) in [6.07, 6.45) is 2.98. The Balaban J connectivity index is 1.81. The Labute approximate surface area is 101 Å². The van der Waals surface area contributed by atoms with Crippen LogP contribution in [0.5, 0.6) is 0 Å². The SMILES string of the molecule is CN1CCC(CN)(N2CCn3cnnc3C2)C1. The van der Waals surface area contributed by atoms with Gasteiger partial charge in [0.15, 0.2) is 0 Å². The zero-order chi connectivity index (χ0) is 11.9. The summed E-state index contributed by atoms with van der Waals surface area (Å²) >= 11 is 0. The minimum atomic E-state index is 0.145. The first-order valence-electron chi connectivity index (χ1n) is 6.24. The third-order valence-electron chi connectivity index (χ3n) is 4.21. The highest BCUT2D eigenvalue weighted by Crippen LogP contribution is 2.29. The average molecular weight is 236 g/mol. The van der Waals surface area contributed by atoms with Crippen LogP contribution >= 0.6 is 0 Å². The Morgan fingerprint density at radius 3 is 3.00 bits per heavy atom. The van der Waals surface area contributed by atoms with E-state index in [2.05, 4.69) is 31.6 Å². The minimum absolute atomic E-state index is 0.145. The Morgan fingerprint density at radius 2 is 2.29 bits per heavy atom. The summed E-state index contributed by atoms with van der Waals surface area (Å²) in [6.45, 7) is 5.85. The zero-order valence-corrected chi connectivity index (χ0v) is 10.3. The molecular weight excluding hydrogens is 216 g/mol. The third-order valence-corrected chi connectivity index (χ3v) is 4.21. The number of fused-ring (bicyclic) bond motifs is 1. The van der Waals surface area contributed by atoms with E-state index in [1.807, 2.05) is 6.33 Å². The smallest absolute Gasteiger partial charge is 0.147 e. The van der Waals surface area contributed by atoms with Gasteiger partial charge >= 0.3 is 0 Å². The Bertz CT molecular complexity index is 402. The lowest BCUT2D eigenvalue weighted by Crippen LogP contribution is -2.57. The lowest BCUT2D eigenvalue weighted by molar-refractivity contribution is 0.0706. The van der Waals surface area contributed by atoms with Gasteiger partial charge in [-0.1, -0.05) is 0 Å². The van der Waals surface area contributed by atoms with E-state index < -0.39 is 0 Å². The van der Waals surface area contributed by atoms with E-state index in [1.165, 1.54) is 0 Å². The Kier molecular flexibility index (Phi) is 2.65. The summed E-state index contributed by atoms with van der Waals surface area (Å²) in [6, 6.07) is 0. The monoisotopic (exact) mass is 236 g/mol. The van der Waals surface area contributed by atoms with Crippen molar-refractivity contribution < 1.29 is 0 Å². The van der Waals surface area contributed by atoms with E-state index in [1.54, 1.807) is 0 Å². The Hall–Kier alpha value is -0.980. The number of aromatic nitrogens is 3. The van der Waals surface area contributed by atoms with Gasteiger partial charge in [-0.3, -0.25) is 4.90 Å². The van der Waals surface area contributed by atoms with Gasteiger partial charge < -0.3 is 15.2 Å². The first-order chi connectivity index (χ1) is 8.23. The van der Waals surface area contributed by atoms with Gasteiger partial charge in [-0.15, -0.1) is 10.2 Å². The van der Waals surface area contributed by atoms with Crippen molar-refractivity contribution in [1.29, 1.82) is 0 Å². The predicted molar refractivity (Wildman–Crippen MR) is 64.3 cm³/mol. The molecule has 3 heterocycles. The lowest BCUT2D eigenvalue weighted by Gasteiger charge is -2.42. The molecule has 3 rings (SSSR count). The molecule has 2 aliphatic heterocycles. The van der Waals surface area contributed by atoms with Gasteiger partial charge in [0.2, 0.25) is 0 Å². The van der Waals surface area contributed by atoms with E-state index in [4.69, 9.17) is 5.73 Å². The molecule has 6 heteroatoms. The first-order valence-corrected chi connectivity index (χ1v) is 6.24. The largest absolute Gasteiger partial charge is 0.329 e. The van der Waals surface area contributed by atoms with Crippen LogP contribution in [-0.4, -0.2) is 63.3 Å². The van der Waals surface area contributed by atoms with Gasteiger partial charge in [0, 0.05) is 31.7 Å². The maximum absolute atomic E-state index is 6.05. The van der Waals surface area contributed by atoms with Crippen LogP contribution in [0.2, 0.25) is 0 Å². The summed E-state index contributed by atoms with van der Waals surface area (Å²) in [4.78, 5) is 4.87. The van der Waals surface area contributed by atoms with Crippen LogP contribution in [0.15, 0.2) is 6.33 Å². The molecule has 0 spiro atoms. The maximum atomic E-state index is 6.05. The molecule has 1 aromatic heterocycles. The molecule has 6 nitrogen and oxygen atoms in total. The van der Waals surface area contributed by atoms with Crippen molar-refractivity contribution in [3.8, 4) is 0 Å². The first kappa shape index (κ1) is 11.1. The fourth-order valence-corrected chi connectivity index (χ4v) is 3.08. The molecule has 1 atom stereocenters. The van der Waals surface area contributed by atoms with Crippen LogP contribution in [0.25, 0.3) is 0 Å². The van der Waals surface area contributed by atoms with Crippen LogP contribution in [-0.2, 0) is 13.1 Å². The molecule has 1 aromatic rings. The van der Waals surface area contributed by atoms with Gasteiger partial charge in [-0.05, 0) is 20.0 Å². The molecule has 0 saturated carbocycles. The van der Waals surface area contributed by atoms with E-state index in [0.29, 0.717) is 0 Å². The number of likely N-dealkylation sites (tertiary alicyclic amines) is 1. The summed E-state index contributed by atoms with van der Waals surface area (Å²) in [5.41, 5.74) is 6.19. The number of rotatable bonds is 2. The fourth-order valence-electron chi connectivity index (χ4n) is 3.08. The highest BCUT2D eigenvalue weighted by Gasteiger charge is 2.42. The molecule has 0 aliphatic carbocycles. The zero-order valence-electron chi connectivity index (χ0n) is 10.3. The second kappa shape index (κ2) is 4.04. The molecule has 1 saturated heterocycles. The number of hydrogen-bond acceptors (Lipinski definition) is 5. The molecule has 0 amide bonds. The van der Waals surface area contributed by atoms with Gasteiger partial charge in [-0.25, -0.2) is 0 Å². The highest BCUT2D eigenvalue weighted by atomic mass is 15.4. The number of nitrogens with two attached hydrogens (primary N) is 1. The van der Waals surface area contributed by atoms with E-state index in [0.717, 1.165) is 51.5 Å². The fraction of sp³-hybridized carbons (Fsp3) is 0.818. The number of likely N-dealkylation sites (N-methyl/N-ethyl adjacent to an activating group) is 1. The average Bonchev–Trinajstić information content (AvgIpc) is 2.94.